The zero-order valence-electron chi connectivity index (χ0n) is 11.6. The minimum atomic E-state index is -0.113. The first-order valence-electron chi connectivity index (χ1n) is 6.78. The molecular weight excluding hydrogens is 288 g/mol. The summed E-state index contributed by atoms with van der Waals surface area (Å²) >= 11 is 1.36. The monoisotopic (exact) mass is 304 g/mol. The van der Waals surface area contributed by atoms with Gasteiger partial charge in [-0.05, 0) is 43.7 Å². The Bertz CT molecular complexity index is 620. The molecule has 2 heterocycles. The van der Waals surface area contributed by atoms with Gasteiger partial charge in [0.1, 0.15) is 10.8 Å². The average Bonchev–Trinajstić information content (AvgIpc) is 3.19. The van der Waals surface area contributed by atoms with Crippen molar-refractivity contribution >= 4 is 22.4 Å². The second-order valence-electron chi connectivity index (χ2n) is 4.78. The summed E-state index contributed by atoms with van der Waals surface area (Å²) in [6.07, 6.45) is 1.90. The molecule has 0 aliphatic carbocycles. The number of methoxy groups -OCH3 is 1. The van der Waals surface area contributed by atoms with Crippen molar-refractivity contribution in [2.24, 2.45) is 0 Å². The maximum Gasteiger partial charge on any atom is 0.243 e. The maximum atomic E-state index is 12.0. The van der Waals surface area contributed by atoms with Crippen molar-refractivity contribution in [3.8, 4) is 16.3 Å². The molecule has 2 aromatic rings. The van der Waals surface area contributed by atoms with Crippen LogP contribution in [0.3, 0.4) is 0 Å². The fraction of sp³-hybridized carbons (Fsp3) is 0.357. The Morgan fingerprint density at radius 3 is 2.86 bits per heavy atom. The van der Waals surface area contributed by atoms with Gasteiger partial charge in [-0.3, -0.25) is 10.1 Å². The van der Waals surface area contributed by atoms with E-state index in [9.17, 15) is 4.79 Å². The number of carbonyl (C=O) groups excluding carboxylic acids is 1. The van der Waals surface area contributed by atoms with E-state index < -0.39 is 0 Å². The predicted molar refractivity (Wildman–Crippen MR) is 81.6 cm³/mol. The van der Waals surface area contributed by atoms with Crippen LogP contribution in [0.25, 0.3) is 10.6 Å². The van der Waals surface area contributed by atoms with Crippen molar-refractivity contribution in [2.45, 2.75) is 18.9 Å². The SMILES string of the molecule is COc1ccc(-c2nnc(NC(=O)C3CCCN3)s2)cc1. The third-order valence-electron chi connectivity index (χ3n) is 3.37. The van der Waals surface area contributed by atoms with Crippen LogP contribution in [0.2, 0.25) is 0 Å². The van der Waals surface area contributed by atoms with E-state index in [1.165, 1.54) is 11.3 Å². The second-order valence-corrected chi connectivity index (χ2v) is 5.76. The molecule has 1 fully saturated rings. The van der Waals surface area contributed by atoms with Crippen LogP contribution in [0.5, 0.6) is 5.75 Å². The molecule has 0 spiro atoms. The first kappa shape index (κ1) is 14.0. The molecule has 1 atom stereocenters. The Morgan fingerprint density at radius 1 is 1.38 bits per heavy atom. The van der Waals surface area contributed by atoms with E-state index in [0.717, 1.165) is 35.7 Å². The summed E-state index contributed by atoms with van der Waals surface area (Å²) in [6, 6.07) is 7.47. The van der Waals surface area contributed by atoms with E-state index in [1.54, 1.807) is 7.11 Å². The van der Waals surface area contributed by atoms with Crippen LogP contribution in [-0.2, 0) is 4.79 Å². The van der Waals surface area contributed by atoms with E-state index in [-0.39, 0.29) is 11.9 Å². The number of nitrogens with zero attached hydrogens (tertiary/aromatic N) is 2. The van der Waals surface area contributed by atoms with Crippen LogP contribution in [0.15, 0.2) is 24.3 Å². The highest BCUT2D eigenvalue weighted by Gasteiger charge is 2.23. The predicted octanol–water partition coefficient (Wildman–Crippen LogP) is 1.90. The lowest BCUT2D eigenvalue weighted by atomic mass is 10.2. The molecule has 0 bridgehead atoms. The quantitative estimate of drug-likeness (QED) is 0.902. The molecule has 0 saturated carbocycles. The Labute approximate surface area is 126 Å². The molecule has 1 aromatic carbocycles. The smallest absolute Gasteiger partial charge is 0.243 e. The first-order valence-corrected chi connectivity index (χ1v) is 7.60. The topological polar surface area (TPSA) is 76.1 Å². The molecule has 1 aliphatic rings. The molecular formula is C14H16N4O2S. The Kier molecular flexibility index (Phi) is 4.12. The fourth-order valence-corrected chi connectivity index (χ4v) is 2.98. The Morgan fingerprint density at radius 2 is 2.19 bits per heavy atom. The molecule has 110 valence electrons. The zero-order chi connectivity index (χ0) is 14.7. The van der Waals surface area contributed by atoms with Gasteiger partial charge in [0.15, 0.2) is 0 Å². The number of benzene rings is 1. The number of hydrogen-bond acceptors (Lipinski definition) is 6. The number of amides is 1. The normalized spacial score (nSPS) is 17.7. The highest BCUT2D eigenvalue weighted by atomic mass is 32.1. The molecule has 1 aromatic heterocycles. The summed E-state index contributed by atoms with van der Waals surface area (Å²) in [5.74, 6) is 0.758. The number of ether oxygens (including phenoxy) is 1. The molecule has 1 aliphatic heterocycles. The maximum absolute atomic E-state index is 12.0. The number of rotatable bonds is 4. The minimum Gasteiger partial charge on any atom is -0.497 e. The number of hydrogen-bond donors (Lipinski definition) is 2. The molecule has 7 heteroatoms. The van der Waals surface area contributed by atoms with Gasteiger partial charge < -0.3 is 10.1 Å². The summed E-state index contributed by atoms with van der Waals surface area (Å²) in [5.41, 5.74) is 0.952. The first-order chi connectivity index (χ1) is 10.3. The fourth-order valence-electron chi connectivity index (χ4n) is 2.22. The third kappa shape index (κ3) is 3.20. The molecule has 1 amide bonds. The lowest BCUT2D eigenvalue weighted by Crippen LogP contribution is -2.35. The number of anilines is 1. The van der Waals surface area contributed by atoms with Crippen molar-refractivity contribution in [3.63, 3.8) is 0 Å². The lowest BCUT2D eigenvalue weighted by Gasteiger charge is -2.07. The molecule has 2 N–H and O–H groups in total. The van der Waals surface area contributed by atoms with Gasteiger partial charge in [-0.2, -0.15) is 0 Å². The molecule has 1 unspecified atom stereocenters. The van der Waals surface area contributed by atoms with Gasteiger partial charge >= 0.3 is 0 Å². The summed E-state index contributed by atoms with van der Waals surface area (Å²) < 4.78 is 5.12. The summed E-state index contributed by atoms with van der Waals surface area (Å²) in [7, 11) is 1.63. The van der Waals surface area contributed by atoms with Gasteiger partial charge in [0.05, 0.1) is 13.2 Å². The highest BCUT2D eigenvalue weighted by Crippen LogP contribution is 2.27. The zero-order valence-corrected chi connectivity index (χ0v) is 12.4. The van der Waals surface area contributed by atoms with Gasteiger partial charge in [-0.1, -0.05) is 11.3 Å². The Balaban J connectivity index is 1.68. The van der Waals surface area contributed by atoms with Crippen LogP contribution >= 0.6 is 11.3 Å². The van der Waals surface area contributed by atoms with E-state index in [0.29, 0.717) is 5.13 Å². The second kappa shape index (κ2) is 6.19. The van der Waals surface area contributed by atoms with Crippen LogP contribution in [-0.4, -0.2) is 35.8 Å². The molecule has 21 heavy (non-hydrogen) atoms. The molecule has 1 saturated heterocycles. The summed E-state index contributed by atoms with van der Waals surface area (Å²) in [5, 5.41) is 15.4. The van der Waals surface area contributed by atoms with Gasteiger partial charge in [-0.15, -0.1) is 10.2 Å². The van der Waals surface area contributed by atoms with E-state index in [2.05, 4.69) is 20.8 Å². The average molecular weight is 304 g/mol. The van der Waals surface area contributed by atoms with Gasteiger partial charge in [0.25, 0.3) is 0 Å². The number of aromatic nitrogens is 2. The van der Waals surface area contributed by atoms with E-state index >= 15 is 0 Å². The van der Waals surface area contributed by atoms with Crippen molar-refractivity contribution in [2.75, 3.05) is 19.0 Å². The van der Waals surface area contributed by atoms with Crippen molar-refractivity contribution in [1.29, 1.82) is 0 Å². The molecule has 6 nitrogen and oxygen atoms in total. The van der Waals surface area contributed by atoms with E-state index in [1.807, 2.05) is 24.3 Å². The third-order valence-corrected chi connectivity index (χ3v) is 4.26. The van der Waals surface area contributed by atoms with Crippen LogP contribution in [0.4, 0.5) is 5.13 Å². The van der Waals surface area contributed by atoms with Crippen molar-refractivity contribution in [1.82, 2.24) is 15.5 Å². The minimum absolute atomic E-state index is 0.0371. The molecule has 3 rings (SSSR count). The van der Waals surface area contributed by atoms with Gasteiger partial charge in [0, 0.05) is 5.56 Å². The lowest BCUT2D eigenvalue weighted by molar-refractivity contribution is -0.117. The molecule has 0 radical (unpaired) electrons. The Hall–Kier alpha value is -1.99. The number of nitrogens with one attached hydrogen (secondary N) is 2. The summed E-state index contributed by atoms with van der Waals surface area (Å²) in [6.45, 7) is 0.894. The standard InChI is InChI=1S/C14H16N4O2S/c1-20-10-6-4-9(5-7-10)13-17-18-14(21-13)16-12(19)11-3-2-8-15-11/h4-7,11,15H,2-3,8H2,1H3,(H,16,18,19). The van der Waals surface area contributed by atoms with Crippen molar-refractivity contribution in [3.05, 3.63) is 24.3 Å². The highest BCUT2D eigenvalue weighted by molar-refractivity contribution is 7.18. The van der Waals surface area contributed by atoms with Crippen molar-refractivity contribution < 1.29 is 9.53 Å². The van der Waals surface area contributed by atoms with E-state index in [4.69, 9.17) is 4.74 Å². The van der Waals surface area contributed by atoms with Gasteiger partial charge in [0.2, 0.25) is 11.0 Å². The summed E-state index contributed by atoms with van der Waals surface area (Å²) in [4.78, 5) is 12.0. The van der Waals surface area contributed by atoms with Gasteiger partial charge in [-0.25, -0.2) is 0 Å². The van der Waals surface area contributed by atoms with Crippen LogP contribution < -0.4 is 15.4 Å². The van der Waals surface area contributed by atoms with Crippen LogP contribution in [0.1, 0.15) is 12.8 Å². The van der Waals surface area contributed by atoms with Crippen LogP contribution in [0, 0.1) is 0 Å². The number of carbonyl (C=O) groups is 1. The largest absolute Gasteiger partial charge is 0.497 e.